The lowest BCUT2D eigenvalue weighted by Crippen LogP contribution is -2.71. The molecule has 6 fully saturated rings. The number of aromatic nitrogens is 2. The molecule has 2 aromatic rings. The fourth-order valence-electron chi connectivity index (χ4n) is 9.84. The average Bonchev–Trinajstić information content (AvgIpc) is 3.68. The molecule has 2 bridgehead atoms. The van der Waals surface area contributed by atoms with Crippen LogP contribution in [0.3, 0.4) is 0 Å². The van der Waals surface area contributed by atoms with E-state index in [1.165, 1.54) is 37.6 Å². The smallest absolute Gasteiger partial charge is 0.331 e. The number of rotatable bonds is 4. The van der Waals surface area contributed by atoms with Crippen LogP contribution in [0, 0.1) is 28.6 Å². The first-order chi connectivity index (χ1) is 19.7. The molecular formula is C31H40N6O4. The van der Waals surface area contributed by atoms with Crippen LogP contribution in [0.15, 0.2) is 24.4 Å². The maximum absolute atomic E-state index is 13.4. The molecule has 10 heteroatoms. The average molecular weight is 561 g/mol. The van der Waals surface area contributed by atoms with Gasteiger partial charge in [0.2, 0.25) is 11.8 Å². The van der Waals surface area contributed by atoms with Crippen LogP contribution in [0.4, 0.5) is 10.5 Å². The van der Waals surface area contributed by atoms with Crippen molar-refractivity contribution < 1.29 is 19.2 Å². The molecule has 3 heterocycles. The Morgan fingerprint density at radius 3 is 2.54 bits per heavy atom. The van der Waals surface area contributed by atoms with Crippen molar-refractivity contribution in [1.82, 2.24) is 25.3 Å². The normalized spacial score (nSPS) is 33.8. The van der Waals surface area contributed by atoms with Crippen LogP contribution in [0.1, 0.15) is 65.2 Å². The highest BCUT2D eigenvalue weighted by Crippen LogP contribution is 2.86. The molecule has 5 amide bonds. The van der Waals surface area contributed by atoms with Crippen molar-refractivity contribution in [2.24, 2.45) is 28.6 Å². The molecule has 218 valence electrons. The number of carbonyl (C=O) groups excluding carboxylic acids is 4. The van der Waals surface area contributed by atoms with E-state index in [9.17, 15) is 19.2 Å². The van der Waals surface area contributed by atoms with Crippen LogP contribution in [0.5, 0.6) is 0 Å². The third kappa shape index (κ3) is 3.33. The van der Waals surface area contributed by atoms with E-state index in [4.69, 9.17) is 0 Å². The van der Waals surface area contributed by atoms with E-state index in [2.05, 4.69) is 29.4 Å². The van der Waals surface area contributed by atoms with Crippen molar-refractivity contribution in [2.45, 2.75) is 70.8 Å². The third-order valence-corrected chi connectivity index (χ3v) is 11.5. The van der Waals surface area contributed by atoms with Crippen molar-refractivity contribution in [3.63, 3.8) is 0 Å². The summed E-state index contributed by atoms with van der Waals surface area (Å²) in [6.45, 7) is 4.96. The zero-order valence-corrected chi connectivity index (χ0v) is 24.2. The molecule has 0 radical (unpaired) electrons. The van der Waals surface area contributed by atoms with Gasteiger partial charge in [-0.25, -0.2) is 4.79 Å². The van der Waals surface area contributed by atoms with Crippen molar-refractivity contribution in [3.8, 4) is 0 Å². The number of nitrogens with one attached hydrogen (secondary N) is 2. The SMILES string of the molecule is CCC.CN1C(=O)N(c2ccc3[nH]ncc3c2)C2(CCN(C(=O)CNC(=O)C34CC5CC6CC(C3)C64C5)CC2)C1=O. The second-order valence-corrected chi connectivity index (χ2v) is 13.4. The highest BCUT2D eigenvalue weighted by molar-refractivity contribution is 6.17. The molecule has 5 unspecified atom stereocenters. The van der Waals surface area contributed by atoms with Gasteiger partial charge in [-0.05, 0) is 86.3 Å². The third-order valence-electron chi connectivity index (χ3n) is 11.5. The molecule has 2 spiro atoms. The summed E-state index contributed by atoms with van der Waals surface area (Å²) in [6, 6.07) is 5.19. The molecule has 10 nitrogen and oxygen atoms in total. The van der Waals surface area contributed by atoms with Gasteiger partial charge in [0, 0.05) is 31.2 Å². The first-order valence-electron chi connectivity index (χ1n) is 15.3. The molecule has 41 heavy (non-hydrogen) atoms. The Morgan fingerprint density at radius 1 is 1.07 bits per heavy atom. The minimum Gasteiger partial charge on any atom is -0.347 e. The minimum absolute atomic E-state index is 0.00266. The number of carbonyl (C=O) groups is 4. The Morgan fingerprint density at radius 2 is 1.83 bits per heavy atom. The van der Waals surface area contributed by atoms with E-state index in [0.717, 1.165) is 35.6 Å². The lowest BCUT2D eigenvalue weighted by atomic mass is 9.32. The summed E-state index contributed by atoms with van der Waals surface area (Å²) in [6.07, 6.45) is 9.44. The molecule has 2 N–H and O–H groups in total. The first-order valence-corrected chi connectivity index (χ1v) is 15.3. The number of hydrogen-bond donors (Lipinski definition) is 2. The summed E-state index contributed by atoms with van der Waals surface area (Å²) < 4.78 is 0. The molecule has 8 rings (SSSR count). The summed E-state index contributed by atoms with van der Waals surface area (Å²) in [5.41, 5.74) is 0.489. The zero-order chi connectivity index (χ0) is 28.7. The maximum atomic E-state index is 13.4. The number of nitrogens with zero attached hydrogens (tertiary/aromatic N) is 4. The van der Waals surface area contributed by atoms with E-state index in [-0.39, 0.29) is 41.1 Å². The van der Waals surface area contributed by atoms with Crippen LogP contribution in [-0.2, 0) is 14.4 Å². The first kappa shape index (κ1) is 26.5. The fourth-order valence-corrected chi connectivity index (χ4v) is 9.84. The van der Waals surface area contributed by atoms with E-state index >= 15 is 0 Å². The molecule has 2 saturated heterocycles. The van der Waals surface area contributed by atoms with Gasteiger partial charge < -0.3 is 10.2 Å². The number of hydrogen-bond acceptors (Lipinski definition) is 5. The van der Waals surface area contributed by atoms with Gasteiger partial charge in [-0.2, -0.15) is 5.10 Å². The van der Waals surface area contributed by atoms with E-state index in [1.54, 1.807) is 16.0 Å². The van der Waals surface area contributed by atoms with Gasteiger partial charge in [0.25, 0.3) is 5.91 Å². The number of imide groups is 1. The van der Waals surface area contributed by atoms with Gasteiger partial charge in [-0.1, -0.05) is 20.3 Å². The van der Waals surface area contributed by atoms with Gasteiger partial charge in [-0.15, -0.1) is 0 Å². The maximum Gasteiger partial charge on any atom is 0.331 e. The number of piperidine rings is 1. The second kappa shape index (κ2) is 9.03. The highest BCUT2D eigenvalue weighted by Gasteiger charge is 2.82. The molecule has 4 aliphatic carbocycles. The van der Waals surface area contributed by atoms with Crippen molar-refractivity contribution in [2.75, 3.05) is 31.6 Å². The summed E-state index contributed by atoms with van der Waals surface area (Å²) >= 11 is 0. The van der Waals surface area contributed by atoms with Gasteiger partial charge in [0.1, 0.15) is 5.54 Å². The standard InChI is InChI=1S/C28H32N6O4.C3H8/c1-32-24(37)27(34(25(32)38)20-2-3-21-17(9-20)14-30-31-21)4-6-33(7-5-27)22(35)15-29-23(36)26-11-16-8-18-10-19(13-26)28(18,26)12-16;1-3-2/h2-3,9,14,16,18-19H,4-8,10-13,15H2,1H3,(H,29,36)(H,30,31);3H2,1-2H3. The number of anilines is 1. The van der Waals surface area contributed by atoms with Crippen molar-refractivity contribution in [3.05, 3.63) is 24.4 Å². The largest absolute Gasteiger partial charge is 0.347 e. The summed E-state index contributed by atoms with van der Waals surface area (Å²) in [5, 5.41) is 10.8. The summed E-state index contributed by atoms with van der Waals surface area (Å²) in [7, 11) is 1.52. The molecule has 1 aromatic carbocycles. The molecule has 5 atom stereocenters. The fraction of sp³-hybridized carbons (Fsp3) is 0.645. The van der Waals surface area contributed by atoms with Crippen LogP contribution in [0.2, 0.25) is 0 Å². The van der Waals surface area contributed by atoms with Gasteiger partial charge in [0.05, 0.1) is 23.7 Å². The molecule has 2 aliphatic heterocycles. The Labute approximate surface area is 240 Å². The summed E-state index contributed by atoms with van der Waals surface area (Å²) in [5.74, 6) is 1.86. The highest BCUT2D eigenvalue weighted by atomic mass is 16.2. The van der Waals surface area contributed by atoms with E-state index in [0.29, 0.717) is 37.5 Å². The Kier molecular flexibility index (Phi) is 5.83. The summed E-state index contributed by atoms with van der Waals surface area (Å²) in [4.78, 5) is 57.6. The number of likely N-dealkylation sites (tertiary alicyclic amines) is 1. The van der Waals surface area contributed by atoms with Gasteiger partial charge in [-0.3, -0.25) is 29.3 Å². The number of urea groups is 1. The van der Waals surface area contributed by atoms with Crippen LogP contribution in [0.25, 0.3) is 10.9 Å². The Hall–Kier alpha value is -3.43. The molecular weight excluding hydrogens is 520 g/mol. The van der Waals surface area contributed by atoms with Crippen molar-refractivity contribution in [1.29, 1.82) is 0 Å². The van der Waals surface area contributed by atoms with Gasteiger partial charge >= 0.3 is 6.03 Å². The predicted octanol–water partition coefficient (Wildman–Crippen LogP) is 3.68. The predicted molar refractivity (Wildman–Crippen MR) is 153 cm³/mol. The zero-order valence-electron chi connectivity index (χ0n) is 24.2. The number of amides is 5. The molecule has 1 aromatic heterocycles. The number of fused-ring (bicyclic) bond motifs is 2. The van der Waals surface area contributed by atoms with Crippen LogP contribution < -0.4 is 10.2 Å². The number of aromatic amines is 1. The minimum atomic E-state index is -1.02. The van der Waals surface area contributed by atoms with E-state index < -0.39 is 5.54 Å². The molecule has 4 saturated carbocycles. The molecule has 6 aliphatic rings. The van der Waals surface area contributed by atoms with Crippen LogP contribution in [-0.4, -0.2) is 76.0 Å². The quantitative estimate of drug-likeness (QED) is 0.553. The van der Waals surface area contributed by atoms with Gasteiger partial charge in [0.15, 0.2) is 0 Å². The lowest BCUT2D eigenvalue weighted by molar-refractivity contribution is -0.237. The Balaban J connectivity index is 0.000000884. The Bertz CT molecular complexity index is 1440. The monoisotopic (exact) mass is 560 g/mol. The lowest BCUT2D eigenvalue weighted by Gasteiger charge is -2.71. The second-order valence-electron chi connectivity index (χ2n) is 13.4. The van der Waals surface area contributed by atoms with Crippen LogP contribution >= 0.6 is 0 Å². The number of likely N-dealkylation sites (N-methyl/N-ethyl adjacent to an activating group) is 1. The van der Waals surface area contributed by atoms with Crippen molar-refractivity contribution >= 4 is 40.3 Å². The topological polar surface area (TPSA) is 119 Å². The number of H-pyrrole nitrogens is 1. The van der Waals surface area contributed by atoms with E-state index in [1.807, 2.05) is 18.2 Å². The number of benzene rings is 1.